The number of para-hydroxylation sites is 1. The largest absolute Gasteiger partial charge is 0.361 e. The Balaban J connectivity index is 2.08. The number of aromatic amines is 1. The highest BCUT2D eigenvalue weighted by atomic mass is 16.2. The SMILES string of the molecule is NC(=O)NNC(=O)Cc1c[nH]c2ccccc12. The lowest BCUT2D eigenvalue weighted by molar-refractivity contribution is -0.121. The van der Waals surface area contributed by atoms with E-state index < -0.39 is 6.03 Å². The number of hydrogen-bond donors (Lipinski definition) is 4. The summed E-state index contributed by atoms with van der Waals surface area (Å²) in [7, 11) is 0. The Labute approximate surface area is 97.1 Å². The molecule has 0 bridgehead atoms. The monoisotopic (exact) mass is 232 g/mol. The van der Waals surface area contributed by atoms with E-state index in [2.05, 4.69) is 10.4 Å². The number of urea groups is 1. The van der Waals surface area contributed by atoms with Crippen LogP contribution in [0.4, 0.5) is 4.79 Å². The number of hydrazine groups is 1. The molecular weight excluding hydrogens is 220 g/mol. The topological polar surface area (TPSA) is 100 Å². The molecule has 1 aromatic heterocycles. The van der Waals surface area contributed by atoms with Crippen LogP contribution in [0.5, 0.6) is 0 Å². The summed E-state index contributed by atoms with van der Waals surface area (Å²) in [5, 5.41) is 0.988. The molecule has 0 unspecified atom stereocenters. The lowest BCUT2D eigenvalue weighted by atomic mass is 10.1. The van der Waals surface area contributed by atoms with Crippen LogP contribution in [0.3, 0.4) is 0 Å². The third-order valence-electron chi connectivity index (χ3n) is 2.35. The van der Waals surface area contributed by atoms with Gasteiger partial charge in [-0.1, -0.05) is 18.2 Å². The number of aromatic nitrogens is 1. The van der Waals surface area contributed by atoms with Gasteiger partial charge in [0.1, 0.15) is 0 Å². The van der Waals surface area contributed by atoms with Crippen molar-refractivity contribution in [2.45, 2.75) is 6.42 Å². The van der Waals surface area contributed by atoms with Crippen LogP contribution in [-0.4, -0.2) is 16.9 Å². The van der Waals surface area contributed by atoms with E-state index in [1.807, 2.05) is 29.7 Å². The van der Waals surface area contributed by atoms with Gasteiger partial charge in [-0.25, -0.2) is 10.2 Å². The number of carbonyl (C=O) groups is 2. The van der Waals surface area contributed by atoms with E-state index in [0.717, 1.165) is 16.5 Å². The maximum absolute atomic E-state index is 11.5. The number of benzene rings is 1. The molecule has 0 saturated heterocycles. The second-order valence-corrected chi connectivity index (χ2v) is 3.57. The molecule has 2 rings (SSSR count). The number of primary amides is 1. The van der Waals surface area contributed by atoms with Crippen molar-refractivity contribution in [3.63, 3.8) is 0 Å². The highest BCUT2D eigenvalue weighted by Crippen LogP contribution is 2.17. The van der Waals surface area contributed by atoms with Crippen molar-refractivity contribution in [3.8, 4) is 0 Å². The van der Waals surface area contributed by atoms with Crippen LogP contribution >= 0.6 is 0 Å². The van der Waals surface area contributed by atoms with Gasteiger partial charge < -0.3 is 10.7 Å². The van der Waals surface area contributed by atoms with E-state index in [4.69, 9.17) is 5.73 Å². The first kappa shape index (κ1) is 11.0. The number of amides is 3. The molecule has 0 radical (unpaired) electrons. The lowest BCUT2D eigenvalue weighted by Gasteiger charge is -2.03. The molecule has 1 aromatic carbocycles. The minimum atomic E-state index is -0.794. The molecule has 1 heterocycles. The van der Waals surface area contributed by atoms with E-state index in [1.165, 1.54) is 0 Å². The van der Waals surface area contributed by atoms with Crippen molar-refractivity contribution in [2.75, 3.05) is 0 Å². The van der Waals surface area contributed by atoms with Gasteiger partial charge in [-0.2, -0.15) is 0 Å². The van der Waals surface area contributed by atoms with Crippen LogP contribution in [-0.2, 0) is 11.2 Å². The predicted molar refractivity (Wildman–Crippen MR) is 62.9 cm³/mol. The molecule has 0 aliphatic rings. The summed E-state index contributed by atoms with van der Waals surface area (Å²) in [6.45, 7) is 0. The standard InChI is InChI=1S/C11H12N4O2/c12-11(17)15-14-10(16)5-7-6-13-9-4-2-1-3-8(7)9/h1-4,6,13H,5H2,(H,14,16)(H3,12,15,17). The van der Waals surface area contributed by atoms with Crippen LogP contribution in [0.1, 0.15) is 5.56 Å². The fourth-order valence-corrected chi connectivity index (χ4v) is 1.63. The number of carbonyl (C=O) groups excluding carboxylic acids is 2. The minimum Gasteiger partial charge on any atom is -0.361 e. The van der Waals surface area contributed by atoms with Crippen molar-refractivity contribution in [1.29, 1.82) is 0 Å². The molecule has 5 N–H and O–H groups in total. The van der Waals surface area contributed by atoms with Crippen molar-refractivity contribution in [1.82, 2.24) is 15.8 Å². The minimum absolute atomic E-state index is 0.171. The van der Waals surface area contributed by atoms with E-state index in [-0.39, 0.29) is 12.3 Å². The fraction of sp³-hybridized carbons (Fsp3) is 0.0909. The Morgan fingerprint density at radius 2 is 2.00 bits per heavy atom. The number of hydrogen-bond acceptors (Lipinski definition) is 2. The van der Waals surface area contributed by atoms with Crippen LogP contribution in [0.2, 0.25) is 0 Å². The number of nitrogens with two attached hydrogens (primary N) is 1. The maximum Gasteiger partial charge on any atom is 0.330 e. The summed E-state index contributed by atoms with van der Waals surface area (Å²) in [5.41, 5.74) is 10.9. The van der Waals surface area contributed by atoms with Crippen molar-refractivity contribution >= 4 is 22.8 Å². The molecule has 17 heavy (non-hydrogen) atoms. The van der Waals surface area contributed by atoms with Gasteiger partial charge in [-0.15, -0.1) is 0 Å². The fourth-order valence-electron chi connectivity index (χ4n) is 1.63. The Kier molecular flexibility index (Phi) is 2.95. The first-order valence-electron chi connectivity index (χ1n) is 5.06. The Morgan fingerprint density at radius 1 is 1.24 bits per heavy atom. The first-order chi connectivity index (χ1) is 8.16. The zero-order chi connectivity index (χ0) is 12.3. The van der Waals surface area contributed by atoms with Gasteiger partial charge in [-0.3, -0.25) is 10.2 Å². The summed E-state index contributed by atoms with van der Waals surface area (Å²) in [6, 6.07) is 6.88. The van der Waals surface area contributed by atoms with Crippen molar-refractivity contribution in [2.24, 2.45) is 5.73 Å². The molecule has 0 aliphatic heterocycles. The molecule has 88 valence electrons. The Bertz CT molecular complexity index is 561. The zero-order valence-corrected chi connectivity index (χ0v) is 8.99. The van der Waals surface area contributed by atoms with E-state index in [0.29, 0.717) is 0 Å². The van der Waals surface area contributed by atoms with E-state index in [9.17, 15) is 9.59 Å². The van der Waals surface area contributed by atoms with Crippen LogP contribution in [0, 0.1) is 0 Å². The first-order valence-corrected chi connectivity index (χ1v) is 5.06. The summed E-state index contributed by atoms with van der Waals surface area (Å²) < 4.78 is 0. The average Bonchev–Trinajstić information content (AvgIpc) is 2.70. The number of rotatable bonds is 2. The maximum atomic E-state index is 11.5. The number of nitrogens with one attached hydrogen (secondary N) is 3. The third-order valence-corrected chi connectivity index (χ3v) is 2.35. The van der Waals surface area contributed by atoms with Gasteiger partial charge in [0.2, 0.25) is 5.91 Å². The van der Waals surface area contributed by atoms with Crippen LogP contribution in [0.15, 0.2) is 30.5 Å². The van der Waals surface area contributed by atoms with E-state index >= 15 is 0 Å². The van der Waals surface area contributed by atoms with Gasteiger partial charge in [-0.05, 0) is 11.6 Å². The third kappa shape index (κ3) is 2.54. The van der Waals surface area contributed by atoms with Gasteiger partial charge in [0, 0.05) is 17.1 Å². The molecule has 0 fully saturated rings. The zero-order valence-electron chi connectivity index (χ0n) is 8.99. The molecule has 6 heteroatoms. The van der Waals surface area contributed by atoms with Crippen LogP contribution < -0.4 is 16.6 Å². The second kappa shape index (κ2) is 4.56. The van der Waals surface area contributed by atoms with Gasteiger partial charge in [0.25, 0.3) is 0 Å². The molecule has 0 spiro atoms. The van der Waals surface area contributed by atoms with E-state index in [1.54, 1.807) is 6.20 Å². The van der Waals surface area contributed by atoms with Crippen LogP contribution in [0.25, 0.3) is 10.9 Å². The van der Waals surface area contributed by atoms with Gasteiger partial charge >= 0.3 is 6.03 Å². The molecular formula is C11H12N4O2. The molecule has 0 saturated carbocycles. The van der Waals surface area contributed by atoms with Gasteiger partial charge in [0.05, 0.1) is 6.42 Å². The van der Waals surface area contributed by atoms with Crippen molar-refractivity contribution in [3.05, 3.63) is 36.0 Å². The average molecular weight is 232 g/mol. The normalized spacial score (nSPS) is 10.1. The van der Waals surface area contributed by atoms with Gasteiger partial charge in [0.15, 0.2) is 0 Å². The highest BCUT2D eigenvalue weighted by molar-refractivity contribution is 5.89. The molecule has 2 aromatic rings. The second-order valence-electron chi connectivity index (χ2n) is 3.57. The summed E-state index contributed by atoms with van der Waals surface area (Å²) in [4.78, 5) is 24.9. The quantitative estimate of drug-likeness (QED) is 0.564. The predicted octanol–water partition coefficient (Wildman–Crippen LogP) is 0.410. The summed E-state index contributed by atoms with van der Waals surface area (Å²) in [6.07, 6.45) is 1.94. The lowest BCUT2D eigenvalue weighted by Crippen LogP contribution is -2.45. The Morgan fingerprint density at radius 3 is 2.76 bits per heavy atom. The molecule has 0 aliphatic carbocycles. The Hall–Kier alpha value is -2.50. The highest BCUT2D eigenvalue weighted by Gasteiger charge is 2.08. The summed E-state index contributed by atoms with van der Waals surface area (Å²) >= 11 is 0. The van der Waals surface area contributed by atoms with Crippen molar-refractivity contribution < 1.29 is 9.59 Å². The number of fused-ring (bicyclic) bond motifs is 1. The smallest absolute Gasteiger partial charge is 0.330 e. The summed E-state index contributed by atoms with van der Waals surface area (Å²) in [5.74, 6) is -0.325. The molecule has 6 nitrogen and oxygen atoms in total. The number of H-pyrrole nitrogens is 1. The molecule has 0 atom stereocenters. The molecule has 3 amide bonds.